The van der Waals surface area contributed by atoms with Gasteiger partial charge in [0.1, 0.15) is 0 Å². The maximum absolute atomic E-state index is 10.9. The van der Waals surface area contributed by atoms with E-state index in [1.165, 1.54) is 19.4 Å². The number of hydrogen-bond donors (Lipinski definition) is 1. The molecule has 0 aliphatic heterocycles. The first-order valence-corrected chi connectivity index (χ1v) is 3.01. The van der Waals surface area contributed by atoms with Gasteiger partial charge in [-0.05, 0) is 6.07 Å². The lowest BCUT2D eigenvalue weighted by atomic mass is 10.2. The Morgan fingerprint density at radius 3 is 2.73 bits per heavy atom. The SMILES string of the molecule is COC(=O)C(=O)c1cc[nH]c1. The normalized spacial score (nSPS) is 9.18. The highest BCUT2D eigenvalue weighted by Crippen LogP contribution is 1.98. The Hall–Kier alpha value is -1.58. The summed E-state index contributed by atoms with van der Waals surface area (Å²) in [5, 5.41) is 0. The summed E-state index contributed by atoms with van der Waals surface area (Å²) >= 11 is 0. The number of ether oxygens (including phenoxy) is 1. The molecule has 0 spiro atoms. The number of rotatable bonds is 2. The van der Waals surface area contributed by atoms with Crippen molar-refractivity contribution in [2.45, 2.75) is 0 Å². The molecular weight excluding hydrogens is 146 g/mol. The molecule has 0 aliphatic rings. The van der Waals surface area contributed by atoms with Gasteiger partial charge < -0.3 is 9.72 Å². The Labute approximate surface area is 63.2 Å². The molecule has 1 rings (SSSR count). The van der Waals surface area contributed by atoms with Crippen molar-refractivity contribution in [3.05, 3.63) is 24.0 Å². The van der Waals surface area contributed by atoms with Crippen LogP contribution in [0.4, 0.5) is 0 Å². The lowest BCUT2D eigenvalue weighted by Crippen LogP contribution is -2.14. The summed E-state index contributed by atoms with van der Waals surface area (Å²) in [6.07, 6.45) is 3.01. The monoisotopic (exact) mass is 153 g/mol. The van der Waals surface area contributed by atoms with Crippen molar-refractivity contribution in [3.63, 3.8) is 0 Å². The summed E-state index contributed by atoms with van der Waals surface area (Å²) < 4.78 is 4.23. The van der Waals surface area contributed by atoms with Crippen LogP contribution in [0.5, 0.6) is 0 Å². The van der Waals surface area contributed by atoms with Crippen molar-refractivity contribution in [1.29, 1.82) is 0 Å². The molecule has 0 fully saturated rings. The molecule has 0 atom stereocenters. The van der Waals surface area contributed by atoms with E-state index in [4.69, 9.17) is 0 Å². The van der Waals surface area contributed by atoms with E-state index in [2.05, 4.69) is 9.72 Å². The van der Waals surface area contributed by atoms with E-state index in [-0.39, 0.29) is 0 Å². The van der Waals surface area contributed by atoms with Crippen molar-refractivity contribution >= 4 is 11.8 Å². The fourth-order valence-electron chi connectivity index (χ4n) is 0.676. The number of H-pyrrole nitrogens is 1. The Balaban J connectivity index is 2.79. The van der Waals surface area contributed by atoms with Gasteiger partial charge in [0, 0.05) is 18.0 Å². The summed E-state index contributed by atoms with van der Waals surface area (Å²) in [7, 11) is 1.17. The van der Waals surface area contributed by atoms with Crippen LogP contribution in [0.15, 0.2) is 18.5 Å². The number of ketones is 1. The lowest BCUT2D eigenvalue weighted by Gasteiger charge is -1.92. The second-order valence-corrected chi connectivity index (χ2v) is 1.92. The summed E-state index contributed by atoms with van der Waals surface area (Å²) in [5.74, 6) is -1.47. The minimum Gasteiger partial charge on any atom is -0.463 e. The molecule has 0 amide bonds. The maximum Gasteiger partial charge on any atom is 0.379 e. The Bertz CT molecular complexity index is 263. The van der Waals surface area contributed by atoms with Gasteiger partial charge >= 0.3 is 5.97 Å². The van der Waals surface area contributed by atoms with Crippen LogP contribution < -0.4 is 0 Å². The molecule has 1 aromatic rings. The number of Topliss-reactive ketones (excluding diaryl/α,β-unsaturated/α-hetero) is 1. The van der Waals surface area contributed by atoms with E-state index >= 15 is 0 Å². The molecule has 1 heterocycles. The molecule has 0 aliphatic carbocycles. The van der Waals surface area contributed by atoms with Gasteiger partial charge in [0.25, 0.3) is 5.78 Å². The Kier molecular flexibility index (Phi) is 2.06. The molecular formula is C7H7NO3. The highest BCUT2D eigenvalue weighted by atomic mass is 16.5. The van der Waals surface area contributed by atoms with Crippen molar-refractivity contribution in [2.75, 3.05) is 7.11 Å². The molecule has 11 heavy (non-hydrogen) atoms. The second kappa shape index (κ2) is 3.01. The van der Waals surface area contributed by atoms with Gasteiger partial charge in [-0.2, -0.15) is 0 Å². The van der Waals surface area contributed by atoms with E-state index in [9.17, 15) is 9.59 Å². The Morgan fingerprint density at radius 1 is 1.55 bits per heavy atom. The number of aromatic nitrogens is 1. The summed E-state index contributed by atoms with van der Waals surface area (Å²) in [4.78, 5) is 24.2. The highest BCUT2D eigenvalue weighted by Gasteiger charge is 2.15. The van der Waals surface area contributed by atoms with E-state index in [1.807, 2.05) is 0 Å². The number of carbonyl (C=O) groups excluding carboxylic acids is 2. The molecule has 58 valence electrons. The summed E-state index contributed by atoms with van der Waals surface area (Å²) in [6.45, 7) is 0. The zero-order valence-electron chi connectivity index (χ0n) is 5.96. The predicted molar refractivity (Wildman–Crippen MR) is 37.1 cm³/mol. The minimum atomic E-state index is -0.843. The molecule has 4 heteroatoms. The van der Waals surface area contributed by atoms with E-state index in [0.29, 0.717) is 5.56 Å². The minimum absolute atomic E-state index is 0.317. The molecule has 0 aromatic carbocycles. The zero-order chi connectivity index (χ0) is 8.27. The molecule has 1 aromatic heterocycles. The van der Waals surface area contributed by atoms with Gasteiger partial charge in [0.05, 0.1) is 7.11 Å². The number of esters is 1. The average molecular weight is 153 g/mol. The number of nitrogens with one attached hydrogen (secondary N) is 1. The first-order chi connectivity index (χ1) is 5.25. The first-order valence-electron chi connectivity index (χ1n) is 3.01. The molecule has 0 unspecified atom stereocenters. The molecule has 0 saturated heterocycles. The van der Waals surface area contributed by atoms with Crippen LogP contribution in [0.3, 0.4) is 0 Å². The van der Waals surface area contributed by atoms with Crippen molar-refractivity contribution in [1.82, 2.24) is 4.98 Å². The summed E-state index contributed by atoms with van der Waals surface area (Å²) in [6, 6.07) is 1.51. The van der Waals surface area contributed by atoms with Crippen LogP contribution >= 0.6 is 0 Å². The molecule has 0 saturated carbocycles. The van der Waals surface area contributed by atoms with Crippen molar-refractivity contribution < 1.29 is 14.3 Å². The molecule has 4 nitrogen and oxygen atoms in total. The van der Waals surface area contributed by atoms with Crippen LogP contribution in [0.2, 0.25) is 0 Å². The van der Waals surface area contributed by atoms with E-state index in [1.54, 1.807) is 6.20 Å². The number of carbonyl (C=O) groups is 2. The van der Waals surface area contributed by atoms with Gasteiger partial charge in [0.15, 0.2) is 0 Å². The van der Waals surface area contributed by atoms with Crippen molar-refractivity contribution in [3.8, 4) is 0 Å². The Morgan fingerprint density at radius 2 is 2.27 bits per heavy atom. The fraction of sp³-hybridized carbons (Fsp3) is 0.143. The van der Waals surface area contributed by atoms with Gasteiger partial charge in [-0.3, -0.25) is 4.79 Å². The van der Waals surface area contributed by atoms with Gasteiger partial charge in [-0.25, -0.2) is 4.79 Å². The topological polar surface area (TPSA) is 59.2 Å². The second-order valence-electron chi connectivity index (χ2n) is 1.92. The summed E-state index contributed by atoms with van der Waals surface area (Å²) in [5.41, 5.74) is 0.317. The van der Waals surface area contributed by atoms with Gasteiger partial charge in [-0.1, -0.05) is 0 Å². The van der Waals surface area contributed by atoms with Gasteiger partial charge in [0.2, 0.25) is 0 Å². The third-order valence-electron chi connectivity index (χ3n) is 1.23. The molecule has 0 radical (unpaired) electrons. The lowest BCUT2D eigenvalue weighted by molar-refractivity contribution is -0.135. The third-order valence-corrected chi connectivity index (χ3v) is 1.23. The highest BCUT2D eigenvalue weighted by molar-refractivity contribution is 6.40. The quantitative estimate of drug-likeness (QED) is 0.379. The number of hydrogen-bond acceptors (Lipinski definition) is 3. The third kappa shape index (κ3) is 1.46. The zero-order valence-corrected chi connectivity index (χ0v) is 5.96. The van der Waals surface area contributed by atoms with Crippen LogP contribution in [0, 0.1) is 0 Å². The van der Waals surface area contributed by atoms with Gasteiger partial charge in [-0.15, -0.1) is 0 Å². The first kappa shape index (κ1) is 7.53. The molecule has 1 N–H and O–H groups in total. The van der Waals surface area contributed by atoms with Crippen LogP contribution in [0.25, 0.3) is 0 Å². The van der Waals surface area contributed by atoms with Crippen molar-refractivity contribution in [2.24, 2.45) is 0 Å². The van der Waals surface area contributed by atoms with Crippen LogP contribution in [-0.2, 0) is 9.53 Å². The molecule has 0 bridgehead atoms. The standard InChI is InChI=1S/C7H7NO3/c1-11-7(10)6(9)5-2-3-8-4-5/h2-4,8H,1H3. The van der Waals surface area contributed by atoms with Crippen LogP contribution in [0.1, 0.15) is 10.4 Å². The number of aromatic amines is 1. The fourth-order valence-corrected chi connectivity index (χ4v) is 0.676. The largest absolute Gasteiger partial charge is 0.463 e. The predicted octanol–water partition coefficient (Wildman–Crippen LogP) is 0.370. The maximum atomic E-state index is 10.9. The van der Waals surface area contributed by atoms with Crippen LogP contribution in [-0.4, -0.2) is 23.8 Å². The average Bonchev–Trinajstić information content (AvgIpc) is 2.53. The van der Waals surface area contributed by atoms with E-state index in [0.717, 1.165) is 0 Å². The van der Waals surface area contributed by atoms with E-state index < -0.39 is 11.8 Å². The smallest absolute Gasteiger partial charge is 0.379 e. The number of methoxy groups -OCH3 is 1.